The van der Waals surface area contributed by atoms with Crippen LogP contribution in [0.1, 0.15) is 21.6 Å². The second kappa shape index (κ2) is 6.88. The molecule has 3 aromatic rings. The molecule has 3 nitrogen and oxygen atoms in total. The van der Waals surface area contributed by atoms with Crippen LogP contribution in [-0.4, -0.2) is 23.6 Å². The Morgan fingerprint density at radius 2 is 1.64 bits per heavy atom. The Hall–Kier alpha value is -2.97. The van der Waals surface area contributed by atoms with Crippen LogP contribution in [0, 0.1) is 0 Å². The van der Waals surface area contributed by atoms with Crippen LogP contribution in [-0.2, 0) is 12.7 Å². The molecule has 0 fully saturated rings. The van der Waals surface area contributed by atoms with E-state index in [1.165, 1.54) is 19.2 Å². The fourth-order valence-electron chi connectivity index (χ4n) is 3.06. The van der Waals surface area contributed by atoms with E-state index in [4.69, 9.17) is 4.74 Å². The SMILES string of the molecule is COc1ccc2c(c1)c(C(=O)C(F)(F)F)c(C(F)(F)F)n2Cc1ccccc1. The highest BCUT2D eigenvalue weighted by Gasteiger charge is 2.48. The highest BCUT2D eigenvalue weighted by molar-refractivity contribution is 6.12. The second-order valence-corrected chi connectivity index (χ2v) is 6.00. The van der Waals surface area contributed by atoms with Gasteiger partial charge < -0.3 is 9.30 Å². The quantitative estimate of drug-likeness (QED) is 0.429. The van der Waals surface area contributed by atoms with E-state index in [1.807, 2.05) is 0 Å². The van der Waals surface area contributed by atoms with Gasteiger partial charge in [-0.2, -0.15) is 26.3 Å². The van der Waals surface area contributed by atoms with Gasteiger partial charge in [-0.3, -0.25) is 4.79 Å². The van der Waals surface area contributed by atoms with Crippen LogP contribution in [0.3, 0.4) is 0 Å². The number of nitrogens with zero attached hydrogens (tertiary/aromatic N) is 1. The van der Waals surface area contributed by atoms with Crippen molar-refractivity contribution in [1.29, 1.82) is 0 Å². The number of halogens is 6. The first kappa shape index (κ1) is 19.8. The fourth-order valence-corrected chi connectivity index (χ4v) is 3.06. The van der Waals surface area contributed by atoms with Crippen LogP contribution in [0.15, 0.2) is 48.5 Å². The molecule has 1 aromatic heterocycles. The summed E-state index contributed by atoms with van der Waals surface area (Å²) in [5.41, 5.74) is -2.77. The molecule has 0 aliphatic heterocycles. The second-order valence-electron chi connectivity index (χ2n) is 6.00. The van der Waals surface area contributed by atoms with Gasteiger partial charge in [-0.1, -0.05) is 30.3 Å². The monoisotopic (exact) mass is 401 g/mol. The number of methoxy groups -OCH3 is 1. The van der Waals surface area contributed by atoms with E-state index in [0.717, 1.165) is 6.07 Å². The minimum absolute atomic E-state index is 0.0364. The number of alkyl halides is 6. The van der Waals surface area contributed by atoms with Gasteiger partial charge in [0.2, 0.25) is 0 Å². The molecular formula is C19H13F6NO2. The van der Waals surface area contributed by atoms with E-state index < -0.39 is 34.8 Å². The summed E-state index contributed by atoms with van der Waals surface area (Å²) in [6.07, 6.45) is -10.6. The van der Waals surface area contributed by atoms with Crippen LogP contribution in [0.2, 0.25) is 0 Å². The largest absolute Gasteiger partial charge is 0.497 e. The van der Waals surface area contributed by atoms with Crippen LogP contribution >= 0.6 is 0 Å². The van der Waals surface area contributed by atoms with Crippen molar-refractivity contribution >= 4 is 16.7 Å². The molecule has 0 radical (unpaired) electrons. The highest BCUT2D eigenvalue weighted by atomic mass is 19.4. The van der Waals surface area contributed by atoms with Crippen molar-refractivity contribution in [2.24, 2.45) is 0 Å². The average molecular weight is 401 g/mol. The summed E-state index contributed by atoms with van der Waals surface area (Å²) < 4.78 is 86.3. The molecule has 0 unspecified atom stereocenters. The Bertz CT molecular complexity index is 1020. The van der Waals surface area contributed by atoms with Crippen LogP contribution in [0.25, 0.3) is 10.9 Å². The molecule has 0 amide bonds. The van der Waals surface area contributed by atoms with Gasteiger partial charge in [0, 0.05) is 17.4 Å². The normalized spacial score (nSPS) is 12.4. The number of benzene rings is 2. The third kappa shape index (κ3) is 3.56. The van der Waals surface area contributed by atoms with Crippen molar-refractivity contribution in [2.75, 3.05) is 7.11 Å². The fraction of sp³-hybridized carbons (Fsp3) is 0.211. The van der Waals surface area contributed by atoms with Gasteiger partial charge >= 0.3 is 12.4 Å². The maximum Gasteiger partial charge on any atom is 0.454 e. The van der Waals surface area contributed by atoms with Gasteiger partial charge in [-0.05, 0) is 23.8 Å². The number of ether oxygens (including phenoxy) is 1. The van der Waals surface area contributed by atoms with Crippen molar-refractivity contribution in [3.05, 3.63) is 65.4 Å². The summed E-state index contributed by atoms with van der Waals surface area (Å²) in [4.78, 5) is 11.9. The van der Waals surface area contributed by atoms with Gasteiger partial charge in [0.1, 0.15) is 11.4 Å². The number of carbonyl (C=O) groups excluding carboxylic acids is 1. The lowest BCUT2D eigenvalue weighted by Gasteiger charge is -2.15. The number of hydrogen-bond donors (Lipinski definition) is 0. The molecule has 2 aromatic carbocycles. The van der Waals surface area contributed by atoms with Gasteiger partial charge in [-0.15, -0.1) is 0 Å². The van der Waals surface area contributed by atoms with E-state index >= 15 is 0 Å². The Morgan fingerprint density at radius 3 is 2.18 bits per heavy atom. The molecule has 148 valence electrons. The lowest BCUT2D eigenvalue weighted by atomic mass is 10.1. The van der Waals surface area contributed by atoms with Crippen LogP contribution in [0.5, 0.6) is 5.75 Å². The molecule has 3 rings (SSSR count). The first-order chi connectivity index (χ1) is 13.0. The molecule has 9 heteroatoms. The zero-order valence-corrected chi connectivity index (χ0v) is 14.4. The highest BCUT2D eigenvalue weighted by Crippen LogP contribution is 2.42. The molecule has 28 heavy (non-hydrogen) atoms. The van der Waals surface area contributed by atoms with E-state index in [2.05, 4.69) is 0 Å². The van der Waals surface area contributed by atoms with E-state index in [0.29, 0.717) is 10.1 Å². The standard InChI is InChI=1S/C19H13F6NO2/c1-28-12-7-8-14-13(9-12)15(17(27)19(23,24)25)16(18(20,21)22)26(14)10-11-5-3-2-4-6-11/h2-9H,10H2,1H3. The Kier molecular flexibility index (Phi) is 4.86. The van der Waals surface area contributed by atoms with Gasteiger partial charge in [0.25, 0.3) is 5.78 Å². The summed E-state index contributed by atoms with van der Waals surface area (Å²) in [6, 6.07) is 11.5. The van der Waals surface area contributed by atoms with Crippen molar-refractivity contribution in [2.45, 2.75) is 18.9 Å². The molecule has 0 spiro atoms. The Morgan fingerprint density at radius 1 is 1.00 bits per heavy atom. The maximum atomic E-state index is 13.8. The summed E-state index contributed by atoms with van der Waals surface area (Å²) in [5, 5.41) is -0.468. The Labute approximate surface area is 155 Å². The maximum absolute atomic E-state index is 13.8. The molecular weight excluding hydrogens is 388 g/mol. The number of ketones is 1. The molecule has 0 saturated carbocycles. The number of aromatic nitrogens is 1. The number of fused-ring (bicyclic) bond motifs is 1. The predicted octanol–water partition coefficient (Wildman–Crippen LogP) is 5.46. The minimum Gasteiger partial charge on any atom is -0.497 e. The van der Waals surface area contributed by atoms with Crippen molar-refractivity contribution in [3.63, 3.8) is 0 Å². The van der Waals surface area contributed by atoms with Crippen molar-refractivity contribution in [1.82, 2.24) is 4.57 Å². The summed E-state index contributed by atoms with van der Waals surface area (Å²) in [6.45, 7) is -0.357. The predicted molar refractivity (Wildman–Crippen MR) is 89.4 cm³/mol. The van der Waals surface area contributed by atoms with Crippen LogP contribution < -0.4 is 4.74 Å². The summed E-state index contributed by atoms with van der Waals surface area (Å²) >= 11 is 0. The molecule has 0 aliphatic rings. The first-order valence-corrected chi connectivity index (χ1v) is 7.97. The topological polar surface area (TPSA) is 31.2 Å². The molecule has 0 bridgehead atoms. The third-order valence-corrected chi connectivity index (χ3v) is 4.21. The first-order valence-electron chi connectivity index (χ1n) is 7.97. The number of carbonyl (C=O) groups is 1. The molecule has 0 atom stereocenters. The summed E-state index contributed by atoms with van der Waals surface area (Å²) in [5.74, 6) is -2.51. The zero-order chi connectivity index (χ0) is 20.7. The van der Waals surface area contributed by atoms with Gasteiger partial charge in [0.05, 0.1) is 12.7 Å². The molecule has 1 heterocycles. The lowest BCUT2D eigenvalue weighted by Crippen LogP contribution is -2.26. The van der Waals surface area contributed by atoms with Gasteiger partial charge in [0.15, 0.2) is 0 Å². The number of hydrogen-bond acceptors (Lipinski definition) is 2. The molecule has 0 saturated heterocycles. The van der Waals surface area contributed by atoms with Gasteiger partial charge in [-0.25, -0.2) is 0 Å². The lowest BCUT2D eigenvalue weighted by molar-refractivity contribution is -0.144. The smallest absolute Gasteiger partial charge is 0.454 e. The zero-order valence-electron chi connectivity index (χ0n) is 14.4. The molecule has 0 N–H and O–H groups in total. The number of Topliss-reactive ketones (excluding diaryl/α,β-unsaturated/α-hetero) is 1. The van der Waals surface area contributed by atoms with E-state index in [-0.39, 0.29) is 17.8 Å². The van der Waals surface area contributed by atoms with Crippen molar-refractivity contribution < 1.29 is 35.9 Å². The van der Waals surface area contributed by atoms with E-state index in [9.17, 15) is 31.1 Å². The summed E-state index contributed by atoms with van der Waals surface area (Å²) in [7, 11) is 1.22. The third-order valence-electron chi connectivity index (χ3n) is 4.21. The van der Waals surface area contributed by atoms with Crippen LogP contribution in [0.4, 0.5) is 26.3 Å². The van der Waals surface area contributed by atoms with Crippen molar-refractivity contribution in [3.8, 4) is 5.75 Å². The number of rotatable bonds is 4. The Balaban J connectivity index is 2.39. The van der Waals surface area contributed by atoms with E-state index in [1.54, 1.807) is 30.3 Å². The minimum atomic E-state index is -5.46. The average Bonchev–Trinajstić information content (AvgIpc) is 2.94. The molecule has 0 aliphatic carbocycles.